The monoisotopic (exact) mass is 263 g/mol. The molecule has 0 aliphatic heterocycles. The molecule has 2 unspecified atom stereocenters. The van der Waals surface area contributed by atoms with Crippen LogP contribution >= 0.6 is 0 Å². The summed E-state index contributed by atoms with van der Waals surface area (Å²) < 4.78 is 10.4. The zero-order valence-corrected chi connectivity index (χ0v) is 11.9. The van der Waals surface area contributed by atoms with Gasteiger partial charge >= 0.3 is 0 Å². The number of hydrogen-bond acceptors (Lipinski definition) is 5. The van der Waals surface area contributed by atoms with E-state index >= 15 is 0 Å². The number of hydrogen-bond donors (Lipinski definition) is 3. The van der Waals surface area contributed by atoms with Crippen molar-refractivity contribution in [1.82, 2.24) is 5.32 Å². The van der Waals surface area contributed by atoms with Gasteiger partial charge in [-0.25, -0.2) is 0 Å². The quantitative estimate of drug-likeness (QED) is 0.445. The Balaban J connectivity index is 3.52. The lowest BCUT2D eigenvalue weighted by Gasteiger charge is -2.20. The SMILES string of the molecule is CCOCCOCC(O)CNC(CO)CC(C)C. The van der Waals surface area contributed by atoms with E-state index in [1.807, 2.05) is 6.92 Å². The van der Waals surface area contributed by atoms with Crippen molar-refractivity contribution in [2.45, 2.75) is 39.3 Å². The van der Waals surface area contributed by atoms with Gasteiger partial charge in [-0.1, -0.05) is 13.8 Å². The van der Waals surface area contributed by atoms with E-state index in [9.17, 15) is 5.11 Å². The molecule has 0 rings (SSSR count). The molecule has 0 spiro atoms. The normalized spacial score (nSPS) is 15.0. The molecule has 0 aliphatic rings. The average Bonchev–Trinajstić information content (AvgIpc) is 2.33. The minimum atomic E-state index is -0.548. The average molecular weight is 263 g/mol. The molecule has 3 N–H and O–H groups in total. The Morgan fingerprint density at radius 3 is 2.39 bits per heavy atom. The third-order valence-corrected chi connectivity index (χ3v) is 2.50. The van der Waals surface area contributed by atoms with Crippen LogP contribution < -0.4 is 5.32 Å². The zero-order chi connectivity index (χ0) is 13.8. The molecular weight excluding hydrogens is 234 g/mol. The van der Waals surface area contributed by atoms with E-state index in [1.165, 1.54) is 0 Å². The molecule has 0 fully saturated rings. The van der Waals surface area contributed by atoms with Crippen molar-refractivity contribution in [2.75, 3.05) is 39.6 Å². The van der Waals surface area contributed by atoms with Gasteiger partial charge in [-0.15, -0.1) is 0 Å². The molecule has 2 atom stereocenters. The topological polar surface area (TPSA) is 71.0 Å². The van der Waals surface area contributed by atoms with Crippen LogP contribution in [-0.2, 0) is 9.47 Å². The molecule has 0 aromatic rings. The minimum Gasteiger partial charge on any atom is -0.395 e. The summed E-state index contributed by atoms with van der Waals surface area (Å²) in [5.74, 6) is 0.522. The molecule has 110 valence electrons. The van der Waals surface area contributed by atoms with Crippen LogP contribution in [-0.4, -0.2) is 61.9 Å². The molecule has 0 bridgehead atoms. The van der Waals surface area contributed by atoms with E-state index in [-0.39, 0.29) is 12.6 Å². The van der Waals surface area contributed by atoms with Crippen LogP contribution in [0, 0.1) is 5.92 Å². The number of rotatable bonds is 12. The second kappa shape index (κ2) is 11.9. The van der Waals surface area contributed by atoms with Gasteiger partial charge in [-0.2, -0.15) is 0 Å². The highest BCUT2D eigenvalue weighted by molar-refractivity contribution is 4.69. The lowest BCUT2D eigenvalue weighted by atomic mass is 10.0. The zero-order valence-electron chi connectivity index (χ0n) is 11.9. The lowest BCUT2D eigenvalue weighted by molar-refractivity contribution is 0.00493. The summed E-state index contributed by atoms with van der Waals surface area (Å²) in [6.45, 7) is 8.71. The minimum absolute atomic E-state index is 0.0445. The summed E-state index contributed by atoms with van der Waals surface area (Å²) in [5, 5.41) is 22.0. The first-order valence-corrected chi connectivity index (χ1v) is 6.77. The molecule has 0 amide bonds. The molecule has 0 saturated carbocycles. The van der Waals surface area contributed by atoms with Crippen molar-refractivity contribution in [3.63, 3.8) is 0 Å². The summed E-state index contributed by atoms with van der Waals surface area (Å²) in [5.41, 5.74) is 0. The molecule has 0 aliphatic carbocycles. The second-order valence-corrected chi connectivity index (χ2v) is 4.84. The molecule has 5 heteroatoms. The van der Waals surface area contributed by atoms with E-state index < -0.39 is 6.10 Å². The van der Waals surface area contributed by atoms with Crippen LogP contribution in [0.25, 0.3) is 0 Å². The van der Waals surface area contributed by atoms with Crippen LogP contribution in [0.1, 0.15) is 27.2 Å². The molecule has 18 heavy (non-hydrogen) atoms. The Kier molecular flexibility index (Phi) is 11.7. The first-order chi connectivity index (χ1) is 8.60. The smallest absolute Gasteiger partial charge is 0.0897 e. The van der Waals surface area contributed by atoms with Crippen molar-refractivity contribution in [1.29, 1.82) is 0 Å². The lowest BCUT2D eigenvalue weighted by Crippen LogP contribution is -2.40. The molecule has 0 heterocycles. The highest BCUT2D eigenvalue weighted by Crippen LogP contribution is 2.03. The van der Waals surface area contributed by atoms with E-state index in [0.717, 1.165) is 6.42 Å². The molecular formula is C13H29NO4. The van der Waals surface area contributed by atoms with Crippen molar-refractivity contribution in [2.24, 2.45) is 5.92 Å². The van der Waals surface area contributed by atoms with Crippen molar-refractivity contribution in [3.05, 3.63) is 0 Å². The van der Waals surface area contributed by atoms with Gasteiger partial charge in [0, 0.05) is 19.2 Å². The number of ether oxygens (including phenoxy) is 2. The summed E-state index contributed by atoms with van der Waals surface area (Å²) in [6.07, 6.45) is 0.349. The highest BCUT2D eigenvalue weighted by atomic mass is 16.5. The predicted molar refractivity (Wildman–Crippen MR) is 71.7 cm³/mol. The van der Waals surface area contributed by atoms with Crippen LogP contribution in [0.5, 0.6) is 0 Å². The fourth-order valence-corrected chi connectivity index (χ4v) is 1.63. The van der Waals surface area contributed by atoms with Crippen LogP contribution in [0.4, 0.5) is 0 Å². The standard InChI is InChI=1S/C13H29NO4/c1-4-17-5-6-18-10-13(16)8-14-12(9-15)7-11(2)3/h11-16H,4-10H2,1-3H3. The second-order valence-electron chi connectivity index (χ2n) is 4.84. The van der Waals surface area contributed by atoms with Crippen molar-refractivity contribution < 1.29 is 19.7 Å². The predicted octanol–water partition coefficient (Wildman–Crippen LogP) is 0.397. The third-order valence-electron chi connectivity index (χ3n) is 2.50. The Labute approximate surface area is 110 Å². The van der Waals surface area contributed by atoms with Gasteiger partial charge in [-0.3, -0.25) is 0 Å². The Morgan fingerprint density at radius 2 is 1.83 bits per heavy atom. The maximum Gasteiger partial charge on any atom is 0.0897 e. The molecule has 5 nitrogen and oxygen atoms in total. The van der Waals surface area contributed by atoms with Gasteiger partial charge in [0.05, 0.1) is 32.5 Å². The largest absolute Gasteiger partial charge is 0.395 e. The van der Waals surface area contributed by atoms with Crippen molar-refractivity contribution in [3.8, 4) is 0 Å². The summed E-state index contributed by atoms with van der Waals surface area (Å²) >= 11 is 0. The molecule has 0 saturated heterocycles. The fraction of sp³-hybridized carbons (Fsp3) is 1.00. The Bertz CT molecular complexity index is 178. The Hall–Kier alpha value is -0.200. The van der Waals surface area contributed by atoms with Gasteiger partial charge in [0.1, 0.15) is 0 Å². The van der Waals surface area contributed by atoms with Crippen LogP contribution in [0.2, 0.25) is 0 Å². The van der Waals surface area contributed by atoms with E-state index in [4.69, 9.17) is 14.6 Å². The number of aliphatic hydroxyl groups is 2. The Morgan fingerprint density at radius 1 is 1.17 bits per heavy atom. The third kappa shape index (κ3) is 10.9. The fourth-order valence-electron chi connectivity index (χ4n) is 1.63. The van der Waals surface area contributed by atoms with E-state index in [2.05, 4.69) is 19.2 Å². The van der Waals surface area contributed by atoms with Gasteiger partial charge in [-0.05, 0) is 19.3 Å². The van der Waals surface area contributed by atoms with E-state index in [1.54, 1.807) is 0 Å². The summed E-state index contributed by atoms with van der Waals surface area (Å²) in [7, 11) is 0. The van der Waals surface area contributed by atoms with Crippen LogP contribution in [0.3, 0.4) is 0 Å². The molecule has 0 aromatic carbocycles. The number of nitrogens with one attached hydrogen (secondary N) is 1. The van der Waals surface area contributed by atoms with Crippen molar-refractivity contribution >= 4 is 0 Å². The summed E-state index contributed by atoms with van der Waals surface area (Å²) in [6, 6.07) is 0.0445. The maximum atomic E-state index is 9.67. The van der Waals surface area contributed by atoms with Gasteiger partial charge in [0.25, 0.3) is 0 Å². The van der Waals surface area contributed by atoms with Gasteiger partial charge in [0.15, 0.2) is 0 Å². The number of aliphatic hydroxyl groups excluding tert-OH is 2. The van der Waals surface area contributed by atoms with E-state index in [0.29, 0.717) is 38.9 Å². The summed E-state index contributed by atoms with van der Waals surface area (Å²) in [4.78, 5) is 0. The highest BCUT2D eigenvalue weighted by Gasteiger charge is 2.11. The maximum absolute atomic E-state index is 9.67. The first-order valence-electron chi connectivity index (χ1n) is 6.77. The van der Waals surface area contributed by atoms with Crippen LogP contribution in [0.15, 0.2) is 0 Å². The van der Waals surface area contributed by atoms with Gasteiger partial charge < -0.3 is 25.0 Å². The molecule has 0 radical (unpaired) electrons. The van der Waals surface area contributed by atoms with Gasteiger partial charge in [0.2, 0.25) is 0 Å². The molecule has 0 aromatic heterocycles. The first kappa shape index (κ1) is 17.8.